The van der Waals surface area contributed by atoms with E-state index in [9.17, 15) is 0 Å². The summed E-state index contributed by atoms with van der Waals surface area (Å²) in [5.41, 5.74) is 10.5. The van der Waals surface area contributed by atoms with Gasteiger partial charge in [0.1, 0.15) is 11.2 Å². The zero-order chi connectivity index (χ0) is 41.7. The van der Waals surface area contributed by atoms with Gasteiger partial charge in [-0.3, -0.25) is 0 Å². The molecule has 0 aliphatic heterocycles. The number of hydrogen-bond donors (Lipinski definition) is 0. The average molecular weight is 805 g/mol. The minimum Gasteiger partial charge on any atom is -0.456 e. The largest absolute Gasteiger partial charge is 0.456 e. The first-order valence-corrected chi connectivity index (χ1v) is 21.5. The van der Waals surface area contributed by atoms with E-state index in [2.05, 4.69) is 252 Å². The fourth-order valence-corrected chi connectivity index (χ4v) is 9.11. The average Bonchev–Trinajstić information content (AvgIpc) is 3.71. The van der Waals surface area contributed by atoms with E-state index in [1.165, 1.54) is 43.1 Å². The second-order valence-corrected chi connectivity index (χ2v) is 16.3. The van der Waals surface area contributed by atoms with E-state index >= 15 is 0 Å². The first kappa shape index (κ1) is 36.5. The molecular weight excluding hydrogens is 765 g/mol. The Morgan fingerprint density at radius 3 is 1.03 bits per heavy atom. The fraction of sp³-hybridized carbons (Fsp3) is 0. The number of anilines is 6. The summed E-state index contributed by atoms with van der Waals surface area (Å²) in [5, 5.41) is 11.9. The highest BCUT2D eigenvalue weighted by Crippen LogP contribution is 2.41. The summed E-state index contributed by atoms with van der Waals surface area (Å²) < 4.78 is 6.66. The summed E-state index contributed by atoms with van der Waals surface area (Å²) >= 11 is 0. The lowest BCUT2D eigenvalue weighted by Gasteiger charge is -2.26. The van der Waals surface area contributed by atoms with Gasteiger partial charge in [-0.15, -0.1) is 0 Å². The van der Waals surface area contributed by atoms with Gasteiger partial charge in [-0.05, 0) is 139 Å². The highest BCUT2D eigenvalue weighted by atomic mass is 16.3. The van der Waals surface area contributed by atoms with Gasteiger partial charge < -0.3 is 14.2 Å². The number of nitrogens with zero attached hydrogens (tertiary/aromatic N) is 2. The smallest absolute Gasteiger partial charge is 0.137 e. The topological polar surface area (TPSA) is 19.6 Å². The van der Waals surface area contributed by atoms with Crippen LogP contribution in [-0.2, 0) is 0 Å². The van der Waals surface area contributed by atoms with Crippen LogP contribution in [0.3, 0.4) is 0 Å². The molecule has 12 aromatic rings. The van der Waals surface area contributed by atoms with Gasteiger partial charge in [0.05, 0.1) is 0 Å². The van der Waals surface area contributed by atoms with Gasteiger partial charge in [0.2, 0.25) is 0 Å². The molecule has 0 radical (unpaired) electrons. The molecule has 0 unspecified atom stereocenters. The summed E-state index contributed by atoms with van der Waals surface area (Å²) in [5.74, 6) is 0. The third kappa shape index (κ3) is 6.83. The molecule has 12 rings (SSSR count). The van der Waals surface area contributed by atoms with Gasteiger partial charge in [0, 0.05) is 51.0 Å². The van der Waals surface area contributed by atoms with Gasteiger partial charge in [-0.1, -0.05) is 152 Å². The van der Waals surface area contributed by atoms with Crippen LogP contribution < -0.4 is 9.80 Å². The molecule has 0 atom stereocenters. The molecule has 0 N–H and O–H groups in total. The summed E-state index contributed by atoms with van der Waals surface area (Å²) in [6, 6.07) is 82.8. The van der Waals surface area contributed by atoms with E-state index in [4.69, 9.17) is 4.42 Å². The van der Waals surface area contributed by atoms with E-state index in [1.54, 1.807) is 0 Å². The molecule has 3 heteroatoms. The Hall–Kier alpha value is -8.40. The Kier molecular flexibility index (Phi) is 8.83. The van der Waals surface area contributed by atoms with E-state index in [0.717, 1.165) is 67.2 Å². The molecule has 1 heterocycles. The lowest BCUT2D eigenvalue weighted by molar-refractivity contribution is 0.669. The molecule has 0 spiro atoms. The van der Waals surface area contributed by atoms with Crippen LogP contribution in [-0.4, -0.2) is 0 Å². The van der Waals surface area contributed by atoms with Crippen LogP contribution in [0, 0.1) is 0 Å². The maximum absolute atomic E-state index is 6.66. The molecule has 0 fully saturated rings. The van der Waals surface area contributed by atoms with Gasteiger partial charge in [-0.25, -0.2) is 0 Å². The first-order valence-electron chi connectivity index (χ1n) is 21.5. The fourth-order valence-electron chi connectivity index (χ4n) is 9.11. The van der Waals surface area contributed by atoms with Crippen molar-refractivity contribution in [2.45, 2.75) is 0 Å². The third-order valence-electron chi connectivity index (χ3n) is 12.3. The molecule has 0 saturated carbocycles. The van der Waals surface area contributed by atoms with E-state index in [-0.39, 0.29) is 0 Å². The maximum atomic E-state index is 6.66. The third-order valence-corrected chi connectivity index (χ3v) is 12.3. The van der Waals surface area contributed by atoms with Gasteiger partial charge in [0.15, 0.2) is 0 Å². The second kappa shape index (κ2) is 15.3. The number of fused-ring (bicyclic) bond motifs is 7. The molecule has 11 aromatic carbocycles. The SMILES string of the molecule is C(=Cc1ccc2c(c1)oc1cc(N(c3ccc4ccccc4c3)c3ccc4ccccc4c3)ccc12)c1ccc(N(c2ccc3ccccc3c2)c2ccc3ccccc3c2)cc1. The normalized spacial score (nSPS) is 11.7. The highest BCUT2D eigenvalue weighted by molar-refractivity contribution is 6.07. The first-order chi connectivity index (χ1) is 31.2. The van der Waals surface area contributed by atoms with Crippen LogP contribution in [0.5, 0.6) is 0 Å². The van der Waals surface area contributed by atoms with Crippen LogP contribution >= 0.6 is 0 Å². The Balaban J connectivity index is 0.863. The van der Waals surface area contributed by atoms with Crippen LogP contribution in [0.2, 0.25) is 0 Å². The molecular formula is C60H40N2O. The predicted octanol–water partition coefficient (Wildman–Crippen LogP) is 17.3. The highest BCUT2D eigenvalue weighted by Gasteiger charge is 2.18. The monoisotopic (exact) mass is 804 g/mol. The molecule has 3 nitrogen and oxygen atoms in total. The van der Waals surface area contributed by atoms with Crippen molar-refractivity contribution in [1.82, 2.24) is 0 Å². The molecule has 0 amide bonds. The van der Waals surface area contributed by atoms with Crippen molar-refractivity contribution in [2.75, 3.05) is 9.80 Å². The Bertz CT molecular complexity index is 3550. The van der Waals surface area contributed by atoms with Crippen molar-refractivity contribution in [3.63, 3.8) is 0 Å². The summed E-state index contributed by atoms with van der Waals surface area (Å²) in [4.78, 5) is 4.67. The number of rotatable bonds is 8. The molecule has 0 aliphatic rings. The molecule has 0 aliphatic carbocycles. The maximum Gasteiger partial charge on any atom is 0.137 e. The van der Waals surface area contributed by atoms with Gasteiger partial charge >= 0.3 is 0 Å². The quantitative estimate of drug-likeness (QED) is 0.143. The minimum absolute atomic E-state index is 0.855. The van der Waals surface area contributed by atoms with Crippen molar-refractivity contribution < 1.29 is 4.42 Å². The van der Waals surface area contributed by atoms with Crippen LogP contribution in [0.15, 0.2) is 235 Å². The molecule has 0 bridgehead atoms. The van der Waals surface area contributed by atoms with Crippen LogP contribution in [0.25, 0.3) is 77.2 Å². The zero-order valence-corrected chi connectivity index (χ0v) is 34.4. The van der Waals surface area contributed by atoms with E-state index < -0.39 is 0 Å². The summed E-state index contributed by atoms with van der Waals surface area (Å²) in [7, 11) is 0. The minimum atomic E-state index is 0.855. The van der Waals surface area contributed by atoms with Crippen molar-refractivity contribution in [3.05, 3.63) is 242 Å². The molecule has 63 heavy (non-hydrogen) atoms. The summed E-state index contributed by atoms with van der Waals surface area (Å²) in [6.07, 6.45) is 4.34. The van der Waals surface area contributed by atoms with Crippen molar-refractivity contribution in [3.8, 4) is 0 Å². The lowest BCUT2D eigenvalue weighted by Crippen LogP contribution is -2.09. The Labute approximate surface area is 365 Å². The summed E-state index contributed by atoms with van der Waals surface area (Å²) in [6.45, 7) is 0. The molecule has 0 saturated heterocycles. The number of hydrogen-bond acceptors (Lipinski definition) is 3. The van der Waals surface area contributed by atoms with E-state index in [0.29, 0.717) is 0 Å². The van der Waals surface area contributed by atoms with Gasteiger partial charge in [0.25, 0.3) is 0 Å². The van der Waals surface area contributed by atoms with Crippen LogP contribution in [0.1, 0.15) is 11.1 Å². The molecule has 1 aromatic heterocycles. The predicted molar refractivity (Wildman–Crippen MR) is 268 cm³/mol. The van der Waals surface area contributed by atoms with Crippen LogP contribution in [0.4, 0.5) is 34.1 Å². The number of furan rings is 1. The lowest BCUT2D eigenvalue weighted by atomic mass is 10.1. The van der Waals surface area contributed by atoms with Crippen molar-refractivity contribution in [2.24, 2.45) is 0 Å². The van der Waals surface area contributed by atoms with Crippen molar-refractivity contribution in [1.29, 1.82) is 0 Å². The zero-order valence-electron chi connectivity index (χ0n) is 34.4. The Morgan fingerprint density at radius 1 is 0.254 bits per heavy atom. The van der Waals surface area contributed by atoms with Gasteiger partial charge in [-0.2, -0.15) is 0 Å². The standard InChI is InChI=1S/C60H40N2O/c1-5-13-47-36-52(28-22-43(47)9-1)61(53-29-23-44-10-2-6-14-48(44)37-53)51-26-19-41(20-27-51)17-18-42-21-33-57-58-34-32-56(40-60(58)63-59(57)35-42)62(54-30-24-45-11-3-7-15-49(45)38-54)55-31-25-46-12-4-8-16-50(46)39-55/h1-40H. The Morgan fingerprint density at radius 2 is 0.571 bits per heavy atom. The molecule has 296 valence electrons. The number of benzene rings is 11. The van der Waals surface area contributed by atoms with Crippen molar-refractivity contribution >= 4 is 111 Å². The second-order valence-electron chi connectivity index (χ2n) is 16.3. The van der Waals surface area contributed by atoms with E-state index in [1.807, 2.05) is 0 Å².